The molecule has 0 aliphatic heterocycles. The van der Waals surface area contributed by atoms with E-state index in [1.165, 1.54) is 7.11 Å². The molecule has 0 spiro atoms. The van der Waals surface area contributed by atoms with Crippen LogP contribution in [0.1, 0.15) is 26.7 Å². The summed E-state index contributed by atoms with van der Waals surface area (Å²) in [6, 6.07) is -0.813. The molecule has 1 unspecified atom stereocenters. The Morgan fingerprint density at radius 1 is 1.54 bits per heavy atom. The Kier molecular flexibility index (Phi) is 5.03. The van der Waals surface area contributed by atoms with E-state index in [0.717, 1.165) is 0 Å². The van der Waals surface area contributed by atoms with Gasteiger partial charge in [0.2, 0.25) is 6.04 Å². The van der Waals surface area contributed by atoms with Gasteiger partial charge in [0.05, 0.1) is 7.11 Å². The maximum absolute atomic E-state index is 10.8. The van der Waals surface area contributed by atoms with Crippen LogP contribution in [0.5, 0.6) is 0 Å². The fraction of sp³-hybridized carbons (Fsp3) is 0.875. The van der Waals surface area contributed by atoms with Crippen LogP contribution in [0.4, 0.5) is 0 Å². The Labute approximate surface area is 77.2 Å². The Morgan fingerprint density at radius 3 is 2.38 bits per heavy atom. The number of hydrogen-bond acceptors (Lipinski definition) is 4. The Hall–Kier alpha value is -1.13. The summed E-state index contributed by atoms with van der Waals surface area (Å²) in [5.74, 6) is -0.317. The minimum atomic E-state index is -0.813. The van der Waals surface area contributed by atoms with Crippen LogP contribution in [0.15, 0.2) is 0 Å². The first-order chi connectivity index (χ1) is 5.97. The molecule has 0 heterocycles. The number of rotatable bonds is 5. The zero-order valence-corrected chi connectivity index (χ0v) is 8.15. The first-order valence-electron chi connectivity index (χ1n) is 4.17. The SMILES string of the molecule is COC(=O)CC(CC(C)C)[N+](=O)[O-]. The van der Waals surface area contributed by atoms with Gasteiger partial charge in [-0.15, -0.1) is 0 Å². The molecule has 0 amide bonds. The number of nitrogens with zero attached hydrogens (tertiary/aromatic N) is 1. The standard InChI is InChI=1S/C8H15NO4/c1-6(2)4-7(9(11)12)5-8(10)13-3/h6-7H,4-5H2,1-3H3. The fourth-order valence-electron chi connectivity index (χ4n) is 1.06. The van der Waals surface area contributed by atoms with Crippen molar-refractivity contribution in [2.45, 2.75) is 32.7 Å². The minimum Gasteiger partial charge on any atom is -0.469 e. The number of esters is 1. The zero-order chi connectivity index (χ0) is 10.4. The molecule has 0 fully saturated rings. The Bertz CT molecular complexity index is 191. The molecule has 0 aliphatic rings. The molecule has 0 aromatic carbocycles. The molecule has 1 atom stereocenters. The highest BCUT2D eigenvalue weighted by Gasteiger charge is 2.25. The van der Waals surface area contributed by atoms with E-state index in [0.29, 0.717) is 6.42 Å². The van der Waals surface area contributed by atoms with Crippen LogP contribution in [0.25, 0.3) is 0 Å². The van der Waals surface area contributed by atoms with Gasteiger partial charge >= 0.3 is 5.97 Å². The average Bonchev–Trinajstić information content (AvgIpc) is 2.02. The average molecular weight is 189 g/mol. The van der Waals surface area contributed by atoms with E-state index in [4.69, 9.17) is 0 Å². The van der Waals surface area contributed by atoms with Gasteiger partial charge < -0.3 is 4.74 Å². The summed E-state index contributed by atoms with van der Waals surface area (Å²) in [6.45, 7) is 3.77. The normalized spacial score (nSPS) is 12.6. The van der Waals surface area contributed by atoms with E-state index in [-0.39, 0.29) is 12.3 Å². The third kappa shape index (κ3) is 5.16. The van der Waals surface area contributed by atoms with Crippen molar-refractivity contribution >= 4 is 5.97 Å². The molecule has 0 saturated carbocycles. The van der Waals surface area contributed by atoms with Crippen molar-refractivity contribution in [1.82, 2.24) is 0 Å². The van der Waals surface area contributed by atoms with Crippen molar-refractivity contribution < 1.29 is 14.5 Å². The smallest absolute Gasteiger partial charge is 0.312 e. The van der Waals surface area contributed by atoms with Gasteiger partial charge in [0, 0.05) is 11.3 Å². The van der Waals surface area contributed by atoms with Gasteiger partial charge in [0.15, 0.2) is 0 Å². The zero-order valence-electron chi connectivity index (χ0n) is 8.15. The van der Waals surface area contributed by atoms with Gasteiger partial charge in [-0.25, -0.2) is 0 Å². The van der Waals surface area contributed by atoms with E-state index in [1.807, 2.05) is 13.8 Å². The quantitative estimate of drug-likeness (QED) is 0.370. The highest BCUT2D eigenvalue weighted by Crippen LogP contribution is 2.11. The van der Waals surface area contributed by atoms with Crippen molar-refractivity contribution in [1.29, 1.82) is 0 Å². The molecule has 5 nitrogen and oxygen atoms in total. The van der Waals surface area contributed by atoms with E-state index in [1.54, 1.807) is 0 Å². The van der Waals surface area contributed by atoms with E-state index >= 15 is 0 Å². The van der Waals surface area contributed by atoms with Crippen molar-refractivity contribution in [3.8, 4) is 0 Å². The van der Waals surface area contributed by atoms with E-state index in [2.05, 4.69) is 4.74 Å². The second kappa shape index (κ2) is 5.50. The molecule has 0 aromatic rings. The monoisotopic (exact) mass is 189 g/mol. The maximum Gasteiger partial charge on any atom is 0.312 e. The van der Waals surface area contributed by atoms with Crippen molar-refractivity contribution in [2.24, 2.45) is 5.92 Å². The Morgan fingerprint density at radius 2 is 2.08 bits per heavy atom. The number of methoxy groups -OCH3 is 1. The topological polar surface area (TPSA) is 69.4 Å². The van der Waals surface area contributed by atoms with E-state index < -0.39 is 16.9 Å². The van der Waals surface area contributed by atoms with Crippen LogP contribution in [0.3, 0.4) is 0 Å². The summed E-state index contributed by atoms with van der Waals surface area (Å²) in [6.07, 6.45) is 0.268. The fourth-order valence-corrected chi connectivity index (χ4v) is 1.06. The molecule has 0 aliphatic carbocycles. The lowest BCUT2D eigenvalue weighted by atomic mass is 10.0. The van der Waals surface area contributed by atoms with Crippen molar-refractivity contribution in [3.63, 3.8) is 0 Å². The molecule has 76 valence electrons. The summed E-state index contributed by atoms with van der Waals surface area (Å²) < 4.78 is 4.37. The molecule has 0 rings (SSSR count). The molecule has 0 saturated heterocycles. The van der Waals surface area contributed by atoms with Crippen molar-refractivity contribution in [3.05, 3.63) is 10.1 Å². The third-order valence-electron chi connectivity index (χ3n) is 1.67. The van der Waals surface area contributed by atoms with Gasteiger partial charge in [0.1, 0.15) is 6.42 Å². The number of hydrogen-bond donors (Lipinski definition) is 0. The molecule has 0 bridgehead atoms. The lowest BCUT2D eigenvalue weighted by Crippen LogP contribution is -2.25. The Balaban J connectivity index is 4.10. The summed E-state index contributed by atoms with van der Waals surface area (Å²) in [4.78, 5) is 20.8. The van der Waals surface area contributed by atoms with Crippen molar-refractivity contribution in [2.75, 3.05) is 7.11 Å². The summed E-state index contributed by atoms with van der Waals surface area (Å²) in [7, 11) is 1.23. The van der Waals surface area contributed by atoms with Crippen LogP contribution in [-0.4, -0.2) is 24.0 Å². The van der Waals surface area contributed by atoms with Crippen LogP contribution >= 0.6 is 0 Å². The number of carbonyl (C=O) groups excluding carboxylic acids is 1. The van der Waals surface area contributed by atoms with Crippen LogP contribution < -0.4 is 0 Å². The largest absolute Gasteiger partial charge is 0.469 e. The number of ether oxygens (including phenoxy) is 1. The number of nitro groups is 1. The summed E-state index contributed by atoms with van der Waals surface area (Å²) in [5.41, 5.74) is 0. The molecular formula is C8H15NO4. The van der Waals surface area contributed by atoms with Gasteiger partial charge in [-0.05, 0) is 5.92 Å². The second-order valence-electron chi connectivity index (χ2n) is 3.35. The summed E-state index contributed by atoms with van der Waals surface area (Å²) >= 11 is 0. The first kappa shape index (κ1) is 11.9. The lowest BCUT2D eigenvalue weighted by Gasteiger charge is -2.09. The highest BCUT2D eigenvalue weighted by molar-refractivity contribution is 5.69. The first-order valence-corrected chi connectivity index (χ1v) is 4.17. The van der Waals surface area contributed by atoms with Gasteiger partial charge in [-0.2, -0.15) is 0 Å². The van der Waals surface area contributed by atoms with Gasteiger partial charge in [0.25, 0.3) is 0 Å². The third-order valence-corrected chi connectivity index (χ3v) is 1.67. The number of carbonyl (C=O) groups is 1. The van der Waals surface area contributed by atoms with Crippen LogP contribution in [-0.2, 0) is 9.53 Å². The minimum absolute atomic E-state index is 0.137. The molecule has 13 heavy (non-hydrogen) atoms. The summed E-state index contributed by atoms with van der Waals surface area (Å²) in [5, 5.41) is 10.5. The molecular weight excluding hydrogens is 174 g/mol. The van der Waals surface area contributed by atoms with Gasteiger partial charge in [-0.3, -0.25) is 14.9 Å². The second-order valence-corrected chi connectivity index (χ2v) is 3.35. The predicted octanol–water partition coefficient (Wildman–Crippen LogP) is 1.24. The molecule has 0 N–H and O–H groups in total. The molecule has 5 heteroatoms. The van der Waals surface area contributed by atoms with E-state index in [9.17, 15) is 14.9 Å². The lowest BCUT2D eigenvalue weighted by molar-refractivity contribution is -0.523. The van der Waals surface area contributed by atoms with Crippen LogP contribution in [0.2, 0.25) is 0 Å². The maximum atomic E-state index is 10.8. The predicted molar refractivity (Wildman–Crippen MR) is 46.9 cm³/mol. The molecule has 0 radical (unpaired) electrons. The van der Waals surface area contributed by atoms with Crippen LogP contribution in [0, 0.1) is 16.0 Å². The highest BCUT2D eigenvalue weighted by atomic mass is 16.6. The molecule has 0 aromatic heterocycles. The van der Waals surface area contributed by atoms with Gasteiger partial charge in [-0.1, -0.05) is 13.8 Å².